The molecule has 3 heterocycles. The molecule has 2 fully saturated rings. The van der Waals surface area contributed by atoms with Crippen molar-refractivity contribution in [2.75, 3.05) is 29.9 Å². The molecular formula is C20H21N7O3S. The van der Waals surface area contributed by atoms with E-state index in [2.05, 4.69) is 25.2 Å². The van der Waals surface area contributed by atoms with Crippen LogP contribution in [0.3, 0.4) is 0 Å². The maximum absolute atomic E-state index is 12.9. The first-order chi connectivity index (χ1) is 15.0. The number of nitrogens with two attached hydrogens (primary N) is 1. The van der Waals surface area contributed by atoms with Gasteiger partial charge in [-0.25, -0.2) is 19.3 Å². The summed E-state index contributed by atoms with van der Waals surface area (Å²) < 4.78 is 11.3. The molecule has 1 unspecified atom stereocenters. The third-order valence-corrected chi connectivity index (χ3v) is 6.63. The van der Waals surface area contributed by atoms with Crippen LogP contribution in [0.1, 0.15) is 12.8 Å². The Balaban J connectivity index is 1.29. The molecule has 1 aliphatic carbocycles. The first-order valence-electron chi connectivity index (χ1n) is 9.89. The summed E-state index contributed by atoms with van der Waals surface area (Å²) >= 11 is 0. The zero-order valence-electron chi connectivity index (χ0n) is 16.6. The maximum atomic E-state index is 12.9. The van der Waals surface area contributed by atoms with Crippen molar-refractivity contribution in [1.82, 2.24) is 19.9 Å². The number of piperazine rings is 1. The molecule has 1 spiro atoms. The topological polar surface area (TPSA) is 137 Å². The van der Waals surface area contributed by atoms with Crippen molar-refractivity contribution in [3.63, 3.8) is 0 Å². The molecule has 0 radical (unpaired) electrons. The molecular weight excluding hydrogens is 418 g/mol. The highest BCUT2D eigenvalue weighted by Gasteiger charge is 2.54. The van der Waals surface area contributed by atoms with E-state index in [-0.39, 0.29) is 5.54 Å². The number of H-pyrrole nitrogens is 1. The van der Waals surface area contributed by atoms with Gasteiger partial charge in [-0.1, -0.05) is 0 Å². The predicted molar refractivity (Wildman–Crippen MR) is 115 cm³/mol. The molecule has 2 amide bonds. The van der Waals surface area contributed by atoms with Gasteiger partial charge in [-0.05, 0) is 43.2 Å². The number of benzene rings is 1. The number of aromatic amines is 1. The van der Waals surface area contributed by atoms with Crippen molar-refractivity contribution in [3.05, 3.63) is 42.9 Å². The van der Waals surface area contributed by atoms with Crippen LogP contribution in [0.4, 0.5) is 11.5 Å². The normalized spacial score (nSPS) is 18.2. The molecule has 0 bridgehead atoms. The van der Waals surface area contributed by atoms with Crippen LogP contribution in [0, 0.1) is 0 Å². The third-order valence-electron chi connectivity index (χ3n) is 5.89. The quantitative estimate of drug-likeness (QED) is 0.515. The first kappa shape index (κ1) is 19.6. The molecule has 1 aliphatic heterocycles. The Kier molecular flexibility index (Phi) is 4.71. The maximum Gasteiger partial charge on any atom is 0.313 e. The Hall–Kier alpha value is -3.31. The second kappa shape index (κ2) is 7.43. The monoisotopic (exact) mass is 439 g/mol. The second-order valence-electron chi connectivity index (χ2n) is 7.82. The van der Waals surface area contributed by atoms with Crippen molar-refractivity contribution in [2.24, 2.45) is 5.14 Å². The summed E-state index contributed by atoms with van der Waals surface area (Å²) in [7, 11) is -1.59. The Labute approximate surface area is 180 Å². The number of hydrogen-bond donors (Lipinski definition) is 3. The number of nitrogens with zero attached hydrogens (tertiary/aromatic N) is 4. The fourth-order valence-corrected chi connectivity index (χ4v) is 4.54. The Morgan fingerprint density at radius 1 is 1.13 bits per heavy atom. The molecule has 2 aromatic heterocycles. The van der Waals surface area contributed by atoms with E-state index in [0.717, 1.165) is 29.7 Å². The van der Waals surface area contributed by atoms with E-state index in [4.69, 9.17) is 5.14 Å². The molecule has 3 aromatic rings. The number of rotatable bonds is 3. The molecule has 11 heteroatoms. The smallest absolute Gasteiger partial charge is 0.313 e. The molecule has 1 saturated carbocycles. The standard InChI is InChI=1S/C20H21N7O3S/c21-31(30)14-3-1-13(2-4-14)25-18(28)19(29)27-10-9-26(11-20(27)6-7-20)17-15-5-8-22-16(15)23-12-24-17/h1-5,8,12H,6-7,9-11,21H2,(H,25,28)(H,22,23,24). The van der Waals surface area contributed by atoms with Gasteiger partial charge in [-0.2, -0.15) is 0 Å². The van der Waals surface area contributed by atoms with Crippen LogP contribution >= 0.6 is 0 Å². The number of anilines is 2. The SMILES string of the molecule is NS(=O)c1ccc(NC(=O)C(=O)N2CCN(c3ncnc4[nH]ccc34)CC23CC3)cc1. The summed E-state index contributed by atoms with van der Waals surface area (Å²) in [5, 5.41) is 8.90. The number of nitrogens with one attached hydrogen (secondary N) is 2. The zero-order chi connectivity index (χ0) is 21.6. The van der Waals surface area contributed by atoms with Gasteiger partial charge in [0, 0.05) is 31.5 Å². The summed E-state index contributed by atoms with van der Waals surface area (Å²) in [6.45, 7) is 1.64. The molecule has 160 valence electrons. The number of amides is 2. The van der Waals surface area contributed by atoms with Gasteiger partial charge in [0.25, 0.3) is 0 Å². The number of hydrogen-bond acceptors (Lipinski definition) is 6. The summed E-state index contributed by atoms with van der Waals surface area (Å²) in [5.74, 6) is -0.388. The minimum absolute atomic E-state index is 0.347. The molecule has 1 saturated heterocycles. The van der Waals surface area contributed by atoms with Gasteiger partial charge in [0.05, 0.1) is 15.8 Å². The lowest BCUT2D eigenvalue weighted by atomic mass is 10.1. The number of carbonyl (C=O) groups is 2. The van der Waals surface area contributed by atoms with E-state index < -0.39 is 22.8 Å². The van der Waals surface area contributed by atoms with Crippen LogP contribution in [-0.4, -0.2) is 61.0 Å². The van der Waals surface area contributed by atoms with Gasteiger partial charge in [0.2, 0.25) is 0 Å². The first-order valence-corrected chi connectivity index (χ1v) is 11.1. The van der Waals surface area contributed by atoms with Crippen molar-refractivity contribution >= 4 is 45.3 Å². The molecule has 10 nitrogen and oxygen atoms in total. The highest BCUT2D eigenvalue weighted by molar-refractivity contribution is 7.82. The van der Waals surface area contributed by atoms with E-state index in [1.807, 2.05) is 12.3 Å². The average molecular weight is 440 g/mol. The molecule has 5 rings (SSSR count). The number of aromatic nitrogens is 3. The summed E-state index contributed by atoms with van der Waals surface area (Å²) in [4.78, 5) is 41.6. The molecule has 1 aromatic carbocycles. The summed E-state index contributed by atoms with van der Waals surface area (Å²) in [6.07, 6.45) is 5.06. The van der Waals surface area contributed by atoms with Crippen LogP contribution in [-0.2, 0) is 20.6 Å². The van der Waals surface area contributed by atoms with Gasteiger partial charge in [0.1, 0.15) is 28.8 Å². The van der Waals surface area contributed by atoms with E-state index in [1.54, 1.807) is 29.2 Å². The third kappa shape index (κ3) is 3.55. The van der Waals surface area contributed by atoms with E-state index in [0.29, 0.717) is 30.2 Å². The van der Waals surface area contributed by atoms with Crippen LogP contribution in [0.5, 0.6) is 0 Å². The van der Waals surface area contributed by atoms with E-state index >= 15 is 0 Å². The van der Waals surface area contributed by atoms with Gasteiger partial charge in [-0.3, -0.25) is 9.59 Å². The second-order valence-corrected chi connectivity index (χ2v) is 8.88. The lowest BCUT2D eigenvalue weighted by Crippen LogP contribution is -2.59. The van der Waals surface area contributed by atoms with Crippen molar-refractivity contribution in [3.8, 4) is 0 Å². The predicted octanol–water partition coefficient (Wildman–Crippen LogP) is 0.759. The van der Waals surface area contributed by atoms with E-state index in [1.165, 1.54) is 6.33 Å². The minimum Gasteiger partial charge on any atom is -0.352 e. The van der Waals surface area contributed by atoms with Crippen molar-refractivity contribution < 1.29 is 13.8 Å². The van der Waals surface area contributed by atoms with Gasteiger partial charge in [-0.15, -0.1) is 0 Å². The van der Waals surface area contributed by atoms with Gasteiger partial charge in [0.15, 0.2) is 0 Å². The van der Waals surface area contributed by atoms with Crippen LogP contribution in [0.2, 0.25) is 0 Å². The minimum atomic E-state index is -1.59. The molecule has 31 heavy (non-hydrogen) atoms. The van der Waals surface area contributed by atoms with Crippen molar-refractivity contribution in [2.45, 2.75) is 23.3 Å². The Morgan fingerprint density at radius 3 is 2.61 bits per heavy atom. The Bertz CT molecular complexity index is 1190. The Morgan fingerprint density at radius 2 is 1.90 bits per heavy atom. The van der Waals surface area contributed by atoms with E-state index in [9.17, 15) is 13.8 Å². The molecule has 4 N–H and O–H groups in total. The van der Waals surface area contributed by atoms with Crippen LogP contribution < -0.4 is 15.4 Å². The lowest BCUT2D eigenvalue weighted by molar-refractivity contribution is -0.145. The van der Waals surface area contributed by atoms with Gasteiger partial charge >= 0.3 is 11.8 Å². The average Bonchev–Trinajstić information content (AvgIpc) is 3.35. The summed E-state index contributed by atoms with van der Waals surface area (Å²) in [6, 6.07) is 8.21. The zero-order valence-corrected chi connectivity index (χ0v) is 17.4. The number of carbonyl (C=O) groups excluding carboxylic acids is 2. The number of fused-ring (bicyclic) bond motifs is 1. The van der Waals surface area contributed by atoms with Gasteiger partial charge < -0.3 is 20.1 Å². The highest BCUT2D eigenvalue weighted by Crippen LogP contribution is 2.45. The largest absolute Gasteiger partial charge is 0.352 e. The van der Waals surface area contributed by atoms with Crippen LogP contribution in [0.15, 0.2) is 47.8 Å². The van der Waals surface area contributed by atoms with Crippen molar-refractivity contribution in [1.29, 1.82) is 0 Å². The van der Waals surface area contributed by atoms with Crippen LogP contribution in [0.25, 0.3) is 11.0 Å². The fraction of sp³-hybridized carbons (Fsp3) is 0.300. The molecule has 2 aliphatic rings. The lowest BCUT2D eigenvalue weighted by Gasteiger charge is -2.42. The highest BCUT2D eigenvalue weighted by atomic mass is 32.2. The molecule has 1 atom stereocenters. The summed E-state index contributed by atoms with van der Waals surface area (Å²) in [5.41, 5.74) is 0.879. The fourth-order valence-electron chi connectivity index (χ4n) is 4.14.